The summed E-state index contributed by atoms with van der Waals surface area (Å²) in [5.74, 6) is -0.566. The molecule has 10 heteroatoms. The molecule has 1 amide bonds. The van der Waals surface area contributed by atoms with Crippen LogP contribution in [0.1, 0.15) is 48.3 Å². The van der Waals surface area contributed by atoms with Crippen molar-refractivity contribution in [3.63, 3.8) is 0 Å². The number of ether oxygens (including phenoxy) is 3. The predicted molar refractivity (Wildman–Crippen MR) is 155 cm³/mol. The molecule has 1 aliphatic carbocycles. The monoisotopic (exact) mass is 592 g/mol. The Morgan fingerprint density at radius 2 is 1.58 bits per heavy atom. The minimum atomic E-state index is -4.60. The van der Waals surface area contributed by atoms with Crippen LogP contribution in [0.25, 0.3) is 0 Å². The Morgan fingerprint density at radius 1 is 0.860 bits per heavy atom. The van der Waals surface area contributed by atoms with Gasteiger partial charge in [-0.1, -0.05) is 36.4 Å². The molecule has 0 saturated heterocycles. The number of allylic oxidation sites excluding steroid dienone is 3. The van der Waals surface area contributed by atoms with Crippen molar-refractivity contribution in [3.05, 3.63) is 106 Å². The number of Topliss-reactive ketones (excluding diaryl/α,β-unsaturated/α-hetero) is 1. The first kappa shape index (κ1) is 29.8. The van der Waals surface area contributed by atoms with Crippen molar-refractivity contribution >= 4 is 17.4 Å². The first-order valence-electron chi connectivity index (χ1n) is 13.6. The second-order valence-corrected chi connectivity index (χ2v) is 10.4. The minimum Gasteiger partial charge on any atom is -0.495 e. The van der Waals surface area contributed by atoms with Crippen LogP contribution in [0.2, 0.25) is 0 Å². The second-order valence-electron chi connectivity index (χ2n) is 10.4. The van der Waals surface area contributed by atoms with Crippen molar-refractivity contribution in [2.45, 2.75) is 37.8 Å². The molecule has 0 spiro atoms. The van der Waals surface area contributed by atoms with E-state index in [9.17, 15) is 22.8 Å². The lowest BCUT2D eigenvalue weighted by Gasteiger charge is -2.37. The summed E-state index contributed by atoms with van der Waals surface area (Å²) in [5.41, 5.74) is 2.04. The topological polar surface area (TPSA) is 85.9 Å². The number of para-hydroxylation sites is 2. The van der Waals surface area contributed by atoms with Gasteiger partial charge in [-0.25, -0.2) is 0 Å². The lowest BCUT2D eigenvalue weighted by atomic mass is 9.71. The molecular formula is C33H31F3N2O5. The second kappa shape index (κ2) is 11.9. The Labute approximate surface area is 247 Å². The smallest absolute Gasteiger partial charge is 0.416 e. The number of amides is 1. The van der Waals surface area contributed by atoms with Gasteiger partial charge in [-0.05, 0) is 60.7 Å². The number of hydrogen-bond acceptors (Lipinski definition) is 6. The molecule has 5 rings (SSSR count). The molecule has 2 atom stereocenters. The molecule has 0 radical (unpaired) electrons. The zero-order valence-corrected chi connectivity index (χ0v) is 24.1. The van der Waals surface area contributed by atoms with E-state index < -0.39 is 23.6 Å². The van der Waals surface area contributed by atoms with Gasteiger partial charge in [0.15, 0.2) is 17.3 Å². The van der Waals surface area contributed by atoms with Crippen LogP contribution in [0.15, 0.2) is 89.3 Å². The molecule has 0 unspecified atom stereocenters. The van der Waals surface area contributed by atoms with Gasteiger partial charge >= 0.3 is 6.18 Å². The van der Waals surface area contributed by atoms with Gasteiger partial charge in [-0.15, -0.1) is 0 Å². The molecule has 3 aromatic rings. The Morgan fingerprint density at radius 3 is 2.28 bits per heavy atom. The van der Waals surface area contributed by atoms with Crippen molar-refractivity contribution in [1.82, 2.24) is 5.32 Å². The maximum Gasteiger partial charge on any atom is 0.416 e. The zero-order chi connectivity index (χ0) is 30.9. The zero-order valence-electron chi connectivity index (χ0n) is 24.1. The summed E-state index contributed by atoms with van der Waals surface area (Å²) >= 11 is 0. The molecule has 2 aliphatic rings. The van der Waals surface area contributed by atoms with Crippen LogP contribution < -0.4 is 24.8 Å². The van der Waals surface area contributed by atoms with Gasteiger partial charge in [0.05, 0.1) is 32.6 Å². The SMILES string of the molecule is COc1ccccc1NC(=O)C1=C(C)NC2=C(C(=O)C[C@@H](c3ccc(OC)c(OC)c3)C2)[C@@H]1c1cccc(C(F)(F)F)c1. The van der Waals surface area contributed by atoms with Gasteiger partial charge in [0.2, 0.25) is 0 Å². The van der Waals surface area contributed by atoms with E-state index in [2.05, 4.69) is 10.6 Å². The molecule has 7 nitrogen and oxygen atoms in total. The number of dihydropyridines is 1. The molecule has 0 aromatic heterocycles. The third-order valence-corrected chi connectivity index (χ3v) is 7.85. The first-order valence-corrected chi connectivity index (χ1v) is 13.6. The average Bonchev–Trinajstić information content (AvgIpc) is 2.99. The average molecular weight is 593 g/mol. The predicted octanol–water partition coefficient (Wildman–Crippen LogP) is 6.73. The summed E-state index contributed by atoms with van der Waals surface area (Å²) in [6.07, 6.45) is -4.09. The summed E-state index contributed by atoms with van der Waals surface area (Å²) in [6.45, 7) is 1.69. The number of hydrogen-bond donors (Lipinski definition) is 2. The number of alkyl halides is 3. The van der Waals surface area contributed by atoms with Gasteiger partial charge < -0.3 is 24.8 Å². The number of anilines is 1. The van der Waals surface area contributed by atoms with Crippen molar-refractivity contribution in [3.8, 4) is 17.2 Å². The van der Waals surface area contributed by atoms with Crippen LogP contribution in [0.3, 0.4) is 0 Å². The number of nitrogens with one attached hydrogen (secondary N) is 2. The Balaban J connectivity index is 1.59. The number of ketones is 1. The largest absolute Gasteiger partial charge is 0.495 e. The van der Waals surface area contributed by atoms with E-state index in [4.69, 9.17) is 14.2 Å². The highest BCUT2D eigenvalue weighted by molar-refractivity contribution is 6.10. The third kappa shape index (κ3) is 5.82. The lowest BCUT2D eigenvalue weighted by molar-refractivity contribution is -0.137. The highest BCUT2D eigenvalue weighted by atomic mass is 19.4. The van der Waals surface area contributed by atoms with Gasteiger partial charge in [-0.2, -0.15) is 13.2 Å². The summed E-state index contributed by atoms with van der Waals surface area (Å²) in [5, 5.41) is 6.09. The van der Waals surface area contributed by atoms with Gasteiger partial charge in [0.25, 0.3) is 5.91 Å². The molecule has 224 valence electrons. The van der Waals surface area contributed by atoms with E-state index in [-0.39, 0.29) is 34.8 Å². The van der Waals surface area contributed by atoms with Gasteiger partial charge in [0, 0.05) is 34.9 Å². The number of carbonyl (C=O) groups excluding carboxylic acids is 2. The molecule has 3 aromatic carbocycles. The van der Waals surface area contributed by atoms with E-state index in [0.29, 0.717) is 40.8 Å². The summed E-state index contributed by atoms with van der Waals surface area (Å²) < 4.78 is 57.5. The molecule has 43 heavy (non-hydrogen) atoms. The standard InChI is InChI=1S/C33H31F3N2O5/c1-18-29(32(40)38-23-10-5-6-11-26(23)41-2)30(20-8-7-9-22(14-20)33(34,35)36)31-24(37-18)15-21(16-25(31)39)19-12-13-27(42-3)28(17-19)43-4/h5-14,17,21,30,37H,15-16H2,1-4H3,(H,38,40)/t21-,30+/m0/s1. The summed E-state index contributed by atoms with van der Waals surface area (Å²) in [7, 11) is 4.54. The van der Waals surface area contributed by atoms with Crippen LogP contribution in [0.5, 0.6) is 17.2 Å². The van der Waals surface area contributed by atoms with Crippen molar-refractivity contribution < 1.29 is 37.0 Å². The van der Waals surface area contributed by atoms with E-state index in [1.165, 1.54) is 33.5 Å². The van der Waals surface area contributed by atoms with Gasteiger partial charge in [-0.3, -0.25) is 9.59 Å². The number of benzene rings is 3. The van der Waals surface area contributed by atoms with Crippen LogP contribution in [0.4, 0.5) is 18.9 Å². The highest BCUT2D eigenvalue weighted by Crippen LogP contribution is 2.47. The lowest BCUT2D eigenvalue weighted by Crippen LogP contribution is -2.37. The fourth-order valence-electron chi connectivity index (χ4n) is 5.85. The van der Waals surface area contributed by atoms with E-state index in [0.717, 1.165) is 17.7 Å². The summed E-state index contributed by atoms with van der Waals surface area (Å²) in [4.78, 5) is 27.8. The van der Waals surface area contributed by atoms with E-state index in [1.54, 1.807) is 37.3 Å². The molecule has 0 fully saturated rings. The number of carbonyl (C=O) groups is 2. The minimum absolute atomic E-state index is 0.103. The fraction of sp³-hybridized carbons (Fsp3) is 0.273. The van der Waals surface area contributed by atoms with Gasteiger partial charge in [0.1, 0.15) is 5.75 Å². The maximum atomic E-state index is 13.9. The number of methoxy groups -OCH3 is 3. The van der Waals surface area contributed by atoms with Crippen LogP contribution in [-0.4, -0.2) is 33.0 Å². The maximum absolute atomic E-state index is 13.9. The Kier molecular flexibility index (Phi) is 8.21. The normalized spacial score (nSPS) is 18.5. The van der Waals surface area contributed by atoms with Crippen LogP contribution in [-0.2, 0) is 15.8 Å². The summed E-state index contributed by atoms with van der Waals surface area (Å²) in [6, 6.07) is 17.1. The quantitative estimate of drug-likeness (QED) is 0.317. The van der Waals surface area contributed by atoms with E-state index in [1.807, 2.05) is 12.1 Å². The Hall–Kier alpha value is -4.73. The van der Waals surface area contributed by atoms with Crippen molar-refractivity contribution in [2.24, 2.45) is 0 Å². The molecule has 0 bridgehead atoms. The third-order valence-electron chi connectivity index (χ3n) is 7.85. The molecule has 0 saturated carbocycles. The number of halogens is 3. The molecule has 2 N–H and O–H groups in total. The van der Waals surface area contributed by atoms with Crippen LogP contribution in [0, 0.1) is 0 Å². The van der Waals surface area contributed by atoms with Crippen LogP contribution >= 0.6 is 0 Å². The fourth-order valence-corrected chi connectivity index (χ4v) is 5.85. The Bertz CT molecular complexity index is 1640. The highest BCUT2D eigenvalue weighted by Gasteiger charge is 2.42. The molecule has 1 aliphatic heterocycles. The molecule has 1 heterocycles. The number of rotatable bonds is 7. The van der Waals surface area contributed by atoms with E-state index >= 15 is 0 Å². The van der Waals surface area contributed by atoms with Crippen molar-refractivity contribution in [2.75, 3.05) is 26.6 Å². The first-order chi connectivity index (χ1) is 20.5. The molecular weight excluding hydrogens is 561 g/mol. The van der Waals surface area contributed by atoms with Crippen molar-refractivity contribution in [1.29, 1.82) is 0 Å².